The Hall–Kier alpha value is -0.610. The number of carbonyl (C=O) groups excluding carboxylic acids is 1. The van der Waals surface area contributed by atoms with Crippen molar-refractivity contribution >= 4 is 5.91 Å². The van der Waals surface area contributed by atoms with Crippen LogP contribution in [0.3, 0.4) is 0 Å². The van der Waals surface area contributed by atoms with E-state index in [9.17, 15) is 4.79 Å². The first-order valence-electron chi connectivity index (χ1n) is 5.15. The Morgan fingerprint density at radius 3 is 2.71 bits per heavy atom. The Bertz CT molecular complexity index is 162. The molecule has 84 valence electrons. The van der Waals surface area contributed by atoms with Crippen LogP contribution in [-0.4, -0.2) is 32.2 Å². The maximum Gasteiger partial charge on any atom is 0.237 e. The Morgan fingerprint density at radius 2 is 2.21 bits per heavy atom. The van der Waals surface area contributed by atoms with E-state index in [0.29, 0.717) is 13.2 Å². The van der Waals surface area contributed by atoms with Crippen molar-refractivity contribution in [2.24, 2.45) is 11.7 Å². The van der Waals surface area contributed by atoms with E-state index < -0.39 is 0 Å². The van der Waals surface area contributed by atoms with E-state index in [1.807, 2.05) is 13.8 Å². The quantitative estimate of drug-likeness (QED) is 0.591. The first-order chi connectivity index (χ1) is 6.63. The van der Waals surface area contributed by atoms with Crippen LogP contribution in [0.4, 0.5) is 0 Å². The standard InChI is InChI=1S/C10H22N2O2/c1-4-8(2)9(11)10(13)12-6-5-7-14-3/h8-9H,4-7,11H2,1-3H3,(H,12,13). The number of hydrogen-bond donors (Lipinski definition) is 2. The van der Waals surface area contributed by atoms with Gasteiger partial charge >= 0.3 is 0 Å². The Morgan fingerprint density at radius 1 is 1.57 bits per heavy atom. The molecule has 4 nitrogen and oxygen atoms in total. The van der Waals surface area contributed by atoms with Gasteiger partial charge in [0.25, 0.3) is 0 Å². The molecule has 0 aliphatic carbocycles. The van der Waals surface area contributed by atoms with Crippen LogP contribution >= 0.6 is 0 Å². The molecule has 0 fully saturated rings. The molecule has 0 aromatic carbocycles. The molecule has 2 unspecified atom stereocenters. The lowest BCUT2D eigenvalue weighted by Gasteiger charge is -2.17. The first-order valence-corrected chi connectivity index (χ1v) is 5.15. The molecule has 0 bridgehead atoms. The summed E-state index contributed by atoms with van der Waals surface area (Å²) >= 11 is 0. The summed E-state index contributed by atoms with van der Waals surface area (Å²) in [7, 11) is 1.65. The number of hydrogen-bond acceptors (Lipinski definition) is 3. The predicted octanol–water partition coefficient (Wildman–Crippen LogP) is 0.513. The second-order valence-corrected chi connectivity index (χ2v) is 3.55. The normalized spacial score (nSPS) is 14.9. The lowest BCUT2D eigenvalue weighted by molar-refractivity contribution is -0.123. The molecular formula is C10H22N2O2. The van der Waals surface area contributed by atoms with E-state index in [1.54, 1.807) is 7.11 Å². The van der Waals surface area contributed by atoms with Gasteiger partial charge in [0.2, 0.25) is 5.91 Å². The van der Waals surface area contributed by atoms with Crippen molar-refractivity contribution in [1.29, 1.82) is 0 Å². The third-order valence-corrected chi connectivity index (χ3v) is 2.38. The van der Waals surface area contributed by atoms with Gasteiger partial charge in [-0.1, -0.05) is 20.3 Å². The Labute approximate surface area is 86.2 Å². The minimum absolute atomic E-state index is 0.0598. The summed E-state index contributed by atoms with van der Waals surface area (Å²) < 4.78 is 4.87. The van der Waals surface area contributed by atoms with Crippen LogP contribution in [0.2, 0.25) is 0 Å². The topological polar surface area (TPSA) is 64.4 Å². The number of amides is 1. The van der Waals surface area contributed by atoms with E-state index in [-0.39, 0.29) is 17.9 Å². The molecule has 0 radical (unpaired) electrons. The molecule has 0 aliphatic rings. The Kier molecular flexibility index (Phi) is 7.42. The zero-order valence-corrected chi connectivity index (χ0v) is 9.38. The highest BCUT2D eigenvalue weighted by atomic mass is 16.5. The van der Waals surface area contributed by atoms with Crippen LogP contribution in [0.15, 0.2) is 0 Å². The molecule has 0 spiro atoms. The maximum atomic E-state index is 11.4. The number of ether oxygens (including phenoxy) is 1. The monoisotopic (exact) mass is 202 g/mol. The summed E-state index contributed by atoms with van der Waals surface area (Å²) in [6, 6.07) is -0.387. The fraction of sp³-hybridized carbons (Fsp3) is 0.900. The number of carbonyl (C=O) groups is 1. The zero-order chi connectivity index (χ0) is 11.0. The fourth-order valence-corrected chi connectivity index (χ4v) is 1.06. The summed E-state index contributed by atoms with van der Waals surface area (Å²) in [5, 5.41) is 2.79. The van der Waals surface area contributed by atoms with Gasteiger partial charge in [0, 0.05) is 20.3 Å². The van der Waals surface area contributed by atoms with E-state index in [0.717, 1.165) is 12.8 Å². The van der Waals surface area contributed by atoms with Gasteiger partial charge < -0.3 is 15.8 Å². The molecule has 3 N–H and O–H groups in total. The van der Waals surface area contributed by atoms with Crippen LogP contribution in [0.1, 0.15) is 26.7 Å². The van der Waals surface area contributed by atoms with Gasteiger partial charge in [-0.2, -0.15) is 0 Å². The third kappa shape index (κ3) is 5.19. The molecule has 2 atom stereocenters. The fourth-order valence-electron chi connectivity index (χ4n) is 1.06. The van der Waals surface area contributed by atoms with Crippen molar-refractivity contribution in [3.8, 4) is 0 Å². The van der Waals surface area contributed by atoms with E-state index in [1.165, 1.54) is 0 Å². The maximum absolute atomic E-state index is 11.4. The van der Waals surface area contributed by atoms with Crippen molar-refractivity contribution in [1.82, 2.24) is 5.32 Å². The van der Waals surface area contributed by atoms with Gasteiger partial charge in [-0.05, 0) is 12.3 Å². The van der Waals surface area contributed by atoms with E-state index in [4.69, 9.17) is 10.5 Å². The molecular weight excluding hydrogens is 180 g/mol. The largest absolute Gasteiger partial charge is 0.385 e. The van der Waals surface area contributed by atoms with E-state index >= 15 is 0 Å². The lowest BCUT2D eigenvalue weighted by atomic mass is 9.99. The first kappa shape index (κ1) is 13.4. The number of rotatable bonds is 7. The summed E-state index contributed by atoms with van der Waals surface area (Å²) in [5.74, 6) is 0.174. The average Bonchev–Trinajstić information content (AvgIpc) is 2.21. The molecule has 0 saturated heterocycles. The third-order valence-electron chi connectivity index (χ3n) is 2.38. The van der Waals surface area contributed by atoms with Gasteiger partial charge in [-0.25, -0.2) is 0 Å². The lowest BCUT2D eigenvalue weighted by Crippen LogP contribution is -2.44. The summed E-state index contributed by atoms with van der Waals surface area (Å²) in [6.07, 6.45) is 1.75. The van der Waals surface area contributed by atoms with Gasteiger partial charge in [-0.15, -0.1) is 0 Å². The SMILES string of the molecule is CCC(C)C(N)C(=O)NCCCOC. The highest BCUT2D eigenvalue weighted by Crippen LogP contribution is 2.04. The van der Waals surface area contributed by atoms with Crippen molar-refractivity contribution < 1.29 is 9.53 Å². The summed E-state index contributed by atoms with van der Waals surface area (Å²) in [5.41, 5.74) is 5.74. The molecule has 4 heteroatoms. The van der Waals surface area contributed by atoms with Crippen LogP contribution in [0, 0.1) is 5.92 Å². The van der Waals surface area contributed by atoms with Crippen molar-refractivity contribution in [2.75, 3.05) is 20.3 Å². The van der Waals surface area contributed by atoms with Crippen molar-refractivity contribution in [2.45, 2.75) is 32.7 Å². The van der Waals surface area contributed by atoms with Gasteiger partial charge in [0.15, 0.2) is 0 Å². The molecule has 0 heterocycles. The second-order valence-electron chi connectivity index (χ2n) is 3.55. The predicted molar refractivity (Wildman–Crippen MR) is 56.9 cm³/mol. The van der Waals surface area contributed by atoms with Crippen molar-refractivity contribution in [3.63, 3.8) is 0 Å². The van der Waals surface area contributed by atoms with E-state index in [2.05, 4.69) is 5.32 Å². The summed E-state index contributed by atoms with van der Waals surface area (Å²) in [4.78, 5) is 11.4. The van der Waals surface area contributed by atoms with Crippen LogP contribution < -0.4 is 11.1 Å². The highest BCUT2D eigenvalue weighted by molar-refractivity contribution is 5.81. The molecule has 0 aromatic rings. The molecule has 1 amide bonds. The highest BCUT2D eigenvalue weighted by Gasteiger charge is 2.18. The molecule has 14 heavy (non-hydrogen) atoms. The van der Waals surface area contributed by atoms with Gasteiger partial charge in [0.05, 0.1) is 6.04 Å². The number of methoxy groups -OCH3 is 1. The summed E-state index contributed by atoms with van der Waals surface area (Å²) in [6.45, 7) is 5.32. The average molecular weight is 202 g/mol. The van der Waals surface area contributed by atoms with Gasteiger partial charge in [-0.3, -0.25) is 4.79 Å². The Balaban J connectivity index is 3.62. The van der Waals surface area contributed by atoms with Gasteiger partial charge in [0.1, 0.15) is 0 Å². The zero-order valence-electron chi connectivity index (χ0n) is 9.38. The molecule has 0 aliphatic heterocycles. The second kappa shape index (κ2) is 7.76. The minimum atomic E-state index is -0.387. The van der Waals surface area contributed by atoms with Crippen molar-refractivity contribution in [3.05, 3.63) is 0 Å². The van der Waals surface area contributed by atoms with Crippen LogP contribution in [0.25, 0.3) is 0 Å². The number of nitrogens with two attached hydrogens (primary N) is 1. The number of nitrogens with one attached hydrogen (secondary N) is 1. The molecule has 0 aromatic heterocycles. The molecule has 0 saturated carbocycles. The molecule has 0 rings (SSSR count). The minimum Gasteiger partial charge on any atom is -0.385 e. The van der Waals surface area contributed by atoms with Crippen LogP contribution in [0.5, 0.6) is 0 Å². The van der Waals surface area contributed by atoms with Crippen LogP contribution in [-0.2, 0) is 9.53 Å². The smallest absolute Gasteiger partial charge is 0.237 e.